The zero-order valence-corrected chi connectivity index (χ0v) is 18.8. The maximum absolute atomic E-state index is 13.6. The van der Waals surface area contributed by atoms with E-state index in [1.165, 1.54) is 0 Å². The zero-order chi connectivity index (χ0) is 25.0. The number of carbonyl (C=O) groups excluding carboxylic acids is 1. The van der Waals surface area contributed by atoms with E-state index >= 15 is 0 Å². The summed E-state index contributed by atoms with van der Waals surface area (Å²) in [7, 11) is 0. The van der Waals surface area contributed by atoms with E-state index in [4.69, 9.17) is 4.42 Å². The number of alkyl halides is 3. The smallest absolute Gasteiger partial charge is 0.418 e. The number of amides is 2. The highest BCUT2D eigenvalue weighted by molar-refractivity contribution is 5.90. The fourth-order valence-corrected chi connectivity index (χ4v) is 5.09. The van der Waals surface area contributed by atoms with Gasteiger partial charge in [-0.3, -0.25) is 5.32 Å². The Bertz CT molecular complexity index is 1260. The lowest BCUT2D eigenvalue weighted by atomic mass is 9.64. The molecule has 4 heterocycles. The molecule has 0 radical (unpaired) electrons. The predicted molar refractivity (Wildman–Crippen MR) is 113 cm³/mol. The lowest BCUT2D eigenvalue weighted by molar-refractivity contribution is -0.137. The van der Waals surface area contributed by atoms with E-state index < -0.39 is 34.7 Å². The number of hydrogen-bond donors (Lipinski definition) is 1. The number of piperidine rings is 1. The molecular formula is C22H21F4N7O2. The summed E-state index contributed by atoms with van der Waals surface area (Å²) in [5.74, 6) is -0.125. The molecule has 35 heavy (non-hydrogen) atoms. The number of pyridine rings is 1. The van der Waals surface area contributed by atoms with E-state index in [0.29, 0.717) is 43.2 Å². The second-order valence-electron chi connectivity index (χ2n) is 8.93. The van der Waals surface area contributed by atoms with Crippen molar-refractivity contribution in [1.82, 2.24) is 30.0 Å². The van der Waals surface area contributed by atoms with Gasteiger partial charge in [-0.1, -0.05) is 13.8 Å². The number of fused-ring (bicyclic) bond motifs is 2. The van der Waals surface area contributed by atoms with Crippen LogP contribution in [0.15, 0.2) is 29.1 Å². The summed E-state index contributed by atoms with van der Waals surface area (Å²) >= 11 is 0. The van der Waals surface area contributed by atoms with Gasteiger partial charge in [0.15, 0.2) is 11.6 Å². The van der Waals surface area contributed by atoms with Gasteiger partial charge in [0.2, 0.25) is 11.8 Å². The van der Waals surface area contributed by atoms with Crippen molar-refractivity contribution in [3.05, 3.63) is 47.8 Å². The van der Waals surface area contributed by atoms with Gasteiger partial charge >= 0.3 is 12.2 Å². The third-order valence-corrected chi connectivity index (χ3v) is 6.45. The highest BCUT2D eigenvalue weighted by Crippen LogP contribution is 2.55. The molecule has 1 saturated carbocycles. The molecule has 1 saturated heterocycles. The van der Waals surface area contributed by atoms with Crippen LogP contribution < -0.4 is 5.32 Å². The summed E-state index contributed by atoms with van der Waals surface area (Å²) in [5.41, 5.74) is -2.31. The number of rotatable bonds is 4. The number of nitrogens with one attached hydrogen (secondary N) is 1. The molecule has 3 aromatic rings. The van der Waals surface area contributed by atoms with Gasteiger partial charge in [-0.2, -0.15) is 13.2 Å². The normalized spacial score (nSPS) is 23.7. The third kappa shape index (κ3) is 3.98. The molecule has 0 aromatic carbocycles. The highest BCUT2D eigenvalue weighted by Gasteiger charge is 2.62. The number of aromatic nitrogens is 5. The van der Waals surface area contributed by atoms with Gasteiger partial charge in [0, 0.05) is 30.6 Å². The fraction of sp³-hybridized carbons (Fsp3) is 0.455. The predicted octanol–water partition coefficient (Wildman–Crippen LogP) is 4.57. The minimum absolute atomic E-state index is 0.0786. The van der Waals surface area contributed by atoms with E-state index in [9.17, 15) is 22.4 Å². The molecule has 2 bridgehead atoms. The molecule has 2 amide bonds. The lowest BCUT2D eigenvalue weighted by Gasteiger charge is -2.61. The van der Waals surface area contributed by atoms with Crippen molar-refractivity contribution >= 4 is 11.8 Å². The largest absolute Gasteiger partial charge is 0.423 e. The average molecular weight is 491 g/mol. The quantitative estimate of drug-likeness (QED) is 0.532. The van der Waals surface area contributed by atoms with Crippen LogP contribution >= 0.6 is 0 Å². The highest BCUT2D eigenvalue weighted by atomic mass is 19.4. The van der Waals surface area contributed by atoms with Crippen molar-refractivity contribution in [2.24, 2.45) is 5.92 Å². The van der Waals surface area contributed by atoms with Gasteiger partial charge in [0.05, 0.1) is 18.0 Å². The summed E-state index contributed by atoms with van der Waals surface area (Å²) in [6.45, 7) is 3.96. The topological polar surface area (TPSA) is 110 Å². The van der Waals surface area contributed by atoms with Crippen LogP contribution in [0.1, 0.15) is 50.5 Å². The fourth-order valence-electron chi connectivity index (χ4n) is 5.09. The Balaban J connectivity index is 1.46. The molecule has 2 aliphatic rings. The Morgan fingerprint density at radius 3 is 2.60 bits per heavy atom. The molecule has 0 spiro atoms. The van der Waals surface area contributed by atoms with E-state index in [1.54, 1.807) is 4.90 Å². The van der Waals surface area contributed by atoms with Gasteiger partial charge in [0.1, 0.15) is 11.4 Å². The number of aryl methyl sites for hydroxylation is 1. The van der Waals surface area contributed by atoms with Crippen molar-refractivity contribution < 1.29 is 26.8 Å². The van der Waals surface area contributed by atoms with Crippen molar-refractivity contribution in [2.75, 3.05) is 5.32 Å². The summed E-state index contributed by atoms with van der Waals surface area (Å²) in [6, 6.07) is 0.411. The number of urea groups is 1. The molecule has 3 atom stereocenters. The molecule has 3 aromatic heterocycles. The molecule has 1 aliphatic carbocycles. The molecular weight excluding hydrogens is 470 g/mol. The van der Waals surface area contributed by atoms with Crippen molar-refractivity contribution in [1.29, 1.82) is 0 Å². The number of carbonyl (C=O) groups is 1. The number of halogens is 4. The Morgan fingerprint density at radius 1 is 1.20 bits per heavy atom. The van der Waals surface area contributed by atoms with E-state index in [-0.39, 0.29) is 17.7 Å². The summed E-state index contributed by atoms with van der Waals surface area (Å²) in [4.78, 5) is 26.0. The van der Waals surface area contributed by atoms with Crippen LogP contribution in [0, 0.1) is 11.7 Å². The van der Waals surface area contributed by atoms with Crippen LogP contribution in [-0.2, 0) is 18.1 Å². The zero-order valence-electron chi connectivity index (χ0n) is 18.8. The van der Waals surface area contributed by atoms with Crippen LogP contribution in [0.5, 0.6) is 0 Å². The Morgan fingerprint density at radius 2 is 1.94 bits per heavy atom. The van der Waals surface area contributed by atoms with Gasteiger partial charge in [-0.05, 0) is 24.8 Å². The first-order valence-electron chi connectivity index (χ1n) is 11.1. The molecule has 13 heteroatoms. The Hall–Kier alpha value is -3.64. The SMILES string of the molecule is CCc1nnc(C23CC(C)CC(C2)N3C(=O)Nc2cc(-c3ncc(F)cn3)c(C(F)(F)F)cn2)o1. The second-order valence-corrected chi connectivity index (χ2v) is 8.93. The van der Waals surface area contributed by atoms with E-state index in [0.717, 1.165) is 24.9 Å². The van der Waals surface area contributed by atoms with E-state index in [1.807, 2.05) is 6.92 Å². The third-order valence-electron chi connectivity index (χ3n) is 6.45. The molecule has 3 unspecified atom stereocenters. The molecule has 1 N–H and O–H groups in total. The summed E-state index contributed by atoms with van der Waals surface area (Å²) in [6.07, 6.45) is -0.0194. The van der Waals surface area contributed by atoms with Gasteiger partial charge in [0.25, 0.3) is 0 Å². The Kier molecular flexibility index (Phi) is 5.44. The van der Waals surface area contributed by atoms with Gasteiger partial charge in [-0.25, -0.2) is 24.1 Å². The molecule has 2 fully saturated rings. The number of likely N-dealkylation sites (tertiary alicyclic amines) is 1. The van der Waals surface area contributed by atoms with Crippen LogP contribution in [0.3, 0.4) is 0 Å². The van der Waals surface area contributed by atoms with Crippen LogP contribution in [0.2, 0.25) is 0 Å². The van der Waals surface area contributed by atoms with Crippen molar-refractivity contribution in [3.63, 3.8) is 0 Å². The Labute approximate surface area is 197 Å². The van der Waals surface area contributed by atoms with Crippen LogP contribution in [0.25, 0.3) is 11.4 Å². The first kappa shape index (κ1) is 23.1. The van der Waals surface area contributed by atoms with Gasteiger partial charge < -0.3 is 9.32 Å². The molecule has 1 aliphatic heterocycles. The van der Waals surface area contributed by atoms with Gasteiger partial charge in [-0.15, -0.1) is 10.2 Å². The monoisotopic (exact) mass is 491 g/mol. The lowest BCUT2D eigenvalue weighted by Crippen LogP contribution is -2.70. The molecule has 9 nitrogen and oxygen atoms in total. The van der Waals surface area contributed by atoms with Crippen LogP contribution in [-0.4, -0.2) is 42.1 Å². The van der Waals surface area contributed by atoms with E-state index in [2.05, 4.69) is 37.4 Å². The summed E-state index contributed by atoms with van der Waals surface area (Å²) in [5, 5.41) is 10.8. The minimum atomic E-state index is -4.76. The van der Waals surface area contributed by atoms with Crippen molar-refractivity contribution in [3.8, 4) is 11.4 Å². The maximum atomic E-state index is 13.6. The average Bonchev–Trinajstić information content (AvgIpc) is 3.28. The molecule has 5 rings (SSSR count). The first-order chi connectivity index (χ1) is 16.6. The number of nitrogens with zero attached hydrogens (tertiary/aromatic N) is 6. The standard InChI is InChI=1S/C22H21F4N7O2/c1-3-17-31-32-19(35-17)21-6-11(2)4-13(7-21)33(21)20(34)30-16-5-14(15(10-27-16)22(24,25)26)18-28-8-12(23)9-29-18/h5,8-11,13H,3-4,6-7H2,1-2H3,(H,27,30,34). The number of anilines is 1. The second kappa shape index (κ2) is 8.24. The number of hydrogen-bond acceptors (Lipinski definition) is 7. The van der Waals surface area contributed by atoms with Crippen LogP contribution in [0.4, 0.5) is 28.2 Å². The minimum Gasteiger partial charge on any atom is -0.423 e. The summed E-state index contributed by atoms with van der Waals surface area (Å²) < 4.78 is 59.7. The maximum Gasteiger partial charge on any atom is 0.418 e. The van der Waals surface area contributed by atoms with Crippen molar-refractivity contribution in [2.45, 2.75) is 57.3 Å². The first-order valence-corrected chi connectivity index (χ1v) is 11.1. The molecule has 184 valence electrons.